The molecule has 1 aliphatic carbocycles. The number of nitrogens with zero attached hydrogens (tertiary/aromatic N) is 1. The van der Waals surface area contributed by atoms with Crippen LogP contribution in [-0.2, 0) is 9.84 Å². The van der Waals surface area contributed by atoms with E-state index in [4.69, 9.17) is 4.52 Å². The molecule has 5 rings (SSSR count). The second-order valence-electron chi connectivity index (χ2n) is 8.04. The van der Waals surface area contributed by atoms with Gasteiger partial charge in [0.2, 0.25) is 0 Å². The van der Waals surface area contributed by atoms with Crippen LogP contribution in [0, 0.1) is 0 Å². The van der Waals surface area contributed by atoms with Gasteiger partial charge < -0.3 is 9.84 Å². The van der Waals surface area contributed by atoms with E-state index in [-0.39, 0.29) is 16.1 Å². The molecule has 1 N–H and O–H groups in total. The van der Waals surface area contributed by atoms with Crippen LogP contribution in [0.3, 0.4) is 0 Å². The minimum Gasteiger partial charge on any atom is -0.355 e. The lowest BCUT2D eigenvalue weighted by atomic mass is 10.1. The van der Waals surface area contributed by atoms with Gasteiger partial charge in [0.05, 0.1) is 15.5 Å². The van der Waals surface area contributed by atoms with Gasteiger partial charge in [0, 0.05) is 16.8 Å². The molecule has 0 bridgehead atoms. The fraction of sp³-hybridized carbons (Fsp3) is 0.200. The van der Waals surface area contributed by atoms with Crippen LogP contribution in [0.1, 0.15) is 36.0 Å². The zero-order chi connectivity index (χ0) is 22.1. The van der Waals surface area contributed by atoms with E-state index in [0.29, 0.717) is 35.4 Å². The molecule has 1 amide bonds. The maximum atomic E-state index is 12.9. The molecule has 0 radical (unpaired) electrons. The lowest BCUT2D eigenvalue weighted by Crippen LogP contribution is -2.18. The number of carbonyl (C=O) groups is 1. The molecular weight excluding hydrogens is 424 g/mol. The van der Waals surface area contributed by atoms with Crippen LogP contribution < -0.4 is 5.32 Å². The maximum Gasteiger partial charge on any atom is 0.255 e. The van der Waals surface area contributed by atoms with Gasteiger partial charge in [-0.2, -0.15) is 0 Å². The summed E-state index contributed by atoms with van der Waals surface area (Å²) in [5.74, 6) is 0.266. The topological polar surface area (TPSA) is 89.3 Å². The maximum absolute atomic E-state index is 12.9. The summed E-state index contributed by atoms with van der Waals surface area (Å²) in [6.45, 7) is 0. The van der Waals surface area contributed by atoms with Crippen molar-refractivity contribution in [1.29, 1.82) is 0 Å². The molecule has 0 atom stereocenters. The quantitative estimate of drug-likeness (QED) is 0.439. The molecular formula is C25H22N2O4S. The minimum atomic E-state index is -3.39. The number of sulfone groups is 1. The number of amides is 1. The van der Waals surface area contributed by atoms with Crippen molar-refractivity contribution >= 4 is 32.3 Å². The molecule has 1 saturated carbocycles. The van der Waals surface area contributed by atoms with Gasteiger partial charge in [0.25, 0.3) is 5.91 Å². The van der Waals surface area contributed by atoms with Crippen LogP contribution in [0.4, 0.5) is 5.69 Å². The van der Waals surface area contributed by atoms with Crippen molar-refractivity contribution in [2.45, 2.75) is 35.8 Å². The average Bonchev–Trinajstić information content (AvgIpc) is 3.50. The highest BCUT2D eigenvalue weighted by molar-refractivity contribution is 7.92. The Labute approximate surface area is 186 Å². The van der Waals surface area contributed by atoms with Crippen molar-refractivity contribution in [3.05, 3.63) is 78.4 Å². The number of nitrogens with one attached hydrogen (secondary N) is 1. The second kappa shape index (κ2) is 8.24. The standard InChI is InChI=1S/C25H22N2O4S/c28-25(26-19-9-6-12-21(16-19)32(29,30)20-10-4-5-11-20)18-13-14-23-22(15-18)24(31-27-23)17-7-2-1-3-8-17/h1-3,6-9,12-16,20H,4-5,10-11H2,(H,26,28). The predicted octanol–water partition coefficient (Wildman–Crippen LogP) is 5.46. The van der Waals surface area contributed by atoms with Gasteiger partial charge in [-0.1, -0.05) is 54.4 Å². The van der Waals surface area contributed by atoms with Gasteiger partial charge in [-0.15, -0.1) is 0 Å². The predicted molar refractivity (Wildman–Crippen MR) is 123 cm³/mol. The first-order chi connectivity index (χ1) is 15.5. The SMILES string of the molecule is O=C(Nc1cccc(S(=O)(=O)C2CCCC2)c1)c1ccc2noc(-c3ccccc3)c2c1. The number of hydrogen-bond donors (Lipinski definition) is 1. The van der Waals surface area contributed by atoms with E-state index in [2.05, 4.69) is 10.5 Å². The molecule has 1 aliphatic rings. The zero-order valence-electron chi connectivity index (χ0n) is 17.3. The zero-order valence-corrected chi connectivity index (χ0v) is 18.1. The van der Waals surface area contributed by atoms with Crippen molar-refractivity contribution < 1.29 is 17.7 Å². The Morgan fingerprint density at radius 3 is 2.50 bits per heavy atom. The number of fused-ring (bicyclic) bond motifs is 1. The van der Waals surface area contributed by atoms with Crippen molar-refractivity contribution in [3.63, 3.8) is 0 Å². The van der Waals surface area contributed by atoms with Crippen LogP contribution in [0.15, 0.2) is 82.2 Å². The van der Waals surface area contributed by atoms with Gasteiger partial charge >= 0.3 is 0 Å². The van der Waals surface area contributed by atoms with Crippen LogP contribution >= 0.6 is 0 Å². The highest BCUT2D eigenvalue weighted by Crippen LogP contribution is 2.31. The molecule has 0 aliphatic heterocycles. The number of hydrogen-bond acceptors (Lipinski definition) is 5. The third kappa shape index (κ3) is 3.80. The number of carbonyl (C=O) groups excluding carboxylic acids is 1. The van der Waals surface area contributed by atoms with E-state index < -0.39 is 9.84 Å². The molecule has 32 heavy (non-hydrogen) atoms. The molecule has 1 aromatic heterocycles. The summed E-state index contributed by atoms with van der Waals surface area (Å²) >= 11 is 0. The van der Waals surface area contributed by atoms with Gasteiger partial charge in [-0.05, 0) is 49.2 Å². The highest BCUT2D eigenvalue weighted by atomic mass is 32.2. The van der Waals surface area contributed by atoms with E-state index in [1.54, 1.807) is 42.5 Å². The molecule has 1 fully saturated rings. The van der Waals surface area contributed by atoms with E-state index in [9.17, 15) is 13.2 Å². The Balaban J connectivity index is 1.42. The minimum absolute atomic E-state index is 0.253. The fourth-order valence-corrected chi connectivity index (χ4v) is 6.12. The van der Waals surface area contributed by atoms with E-state index in [1.165, 1.54) is 0 Å². The van der Waals surface area contributed by atoms with Crippen molar-refractivity contribution in [1.82, 2.24) is 5.16 Å². The first-order valence-corrected chi connectivity index (χ1v) is 12.2. The van der Waals surface area contributed by atoms with Gasteiger partial charge in [-0.3, -0.25) is 4.79 Å². The summed E-state index contributed by atoms with van der Waals surface area (Å²) in [5.41, 5.74) is 2.41. The van der Waals surface area contributed by atoms with E-state index >= 15 is 0 Å². The molecule has 4 aromatic rings. The third-order valence-corrected chi connectivity index (χ3v) is 8.20. The normalized spacial score (nSPS) is 14.6. The molecule has 7 heteroatoms. The smallest absolute Gasteiger partial charge is 0.255 e. The molecule has 6 nitrogen and oxygen atoms in total. The van der Waals surface area contributed by atoms with Gasteiger partial charge in [0.1, 0.15) is 5.52 Å². The third-order valence-electron chi connectivity index (χ3n) is 5.94. The largest absolute Gasteiger partial charge is 0.355 e. The van der Waals surface area contributed by atoms with Crippen LogP contribution in [0.5, 0.6) is 0 Å². The first kappa shape index (κ1) is 20.5. The van der Waals surface area contributed by atoms with Crippen LogP contribution in [0.2, 0.25) is 0 Å². The lowest BCUT2D eigenvalue weighted by molar-refractivity contribution is 0.102. The molecule has 0 unspecified atom stereocenters. The Bertz CT molecular complexity index is 1390. The monoisotopic (exact) mass is 446 g/mol. The first-order valence-electron chi connectivity index (χ1n) is 10.6. The summed E-state index contributed by atoms with van der Waals surface area (Å²) in [4.78, 5) is 13.2. The Morgan fingerprint density at radius 1 is 0.938 bits per heavy atom. The summed E-state index contributed by atoms with van der Waals surface area (Å²) < 4.78 is 31.3. The molecule has 162 valence electrons. The number of anilines is 1. The van der Waals surface area contributed by atoms with E-state index in [1.807, 2.05) is 30.3 Å². The molecule has 1 heterocycles. The summed E-state index contributed by atoms with van der Waals surface area (Å²) in [6.07, 6.45) is 3.27. The van der Waals surface area contributed by atoms with Crippen LogP contribution in [0.25, 0.3) is 22.2 Å². The Kier molecular flexibility index (Phi) is 5.27. The molecule has 3 aromatic carbocycles. The van der Waals surface area contributed by atoms with Crippen molar-refractivity contribution in [2.75, 3.05) is 5.32 Å². The molecule has 0 spiro atoms. The summed E-state index contributed by atoms with van der Waals surface area (Å²) in [5, 5.41) is 7.31. The Morgan fingerprint density at radius 2 is 1.72 bits per heavy atom. The van der Waals surface area contributed by atoms with Crippen molar-refractivity contribution in [3.8, 4) is 11.3 Å². The number of benzene rings is 3. The average molecular weight is 447 g/mol. The summed E-state index contributed by atoms with van der Waals surface area (Å²) in [6, 6.07) is 21.2. The van der Waals surface area contributed by atoms with E-state index in [0.717, 1.165) is 23.8 Å². The summed E-state index contributed by atoms with van der Waals surface area (Å²) in [7, 11) is -3.39. The van der Waals surface area contributed by atoms with Gasteiger partial charge in [0.15, 0.2) is 15.6 Å². The number of aromatic nitrogens is 1. The second-order valence-corrected chi connectivity index (χ2v) is 10.3. The molecule has 0 saturated heterocycles. The fourth-order valence-electron chi connectivity index (χ4n) is 4.23. The Hall–Kier alpha value is -3.45. The van der Waals surface area contributed by atoms with Crippen molar-refractivity contribution in [2.24, 2.45) is 0 Å². The number of rotatable bonds is 5. The highest BCUT2D eigenvalue weighted by Gasteiger charge is 2.30. The van der Waals surface area contributed by atoms with Crippen LogP contribution in [-0.4, -0.2) is 24.7 Å². The lowest BCUT2D eigenvalue weighted by Gasteiger charge is -2.12. The van der Waals surface area contributed by atoms with Gasteiger partial charge in [-0.25, -0.2) is 8.42 Å².